The molecule has 6 amide bonds. The highest BCUT2D eigenvalue weighted by molar-refractivity contribution is 5.98. The number of rotatable bonds is 7. The van der Waals surface area contributed by atoms with Crippen molar-refractivity contribution in [2.24, 2.45) is 5.92 Å². The monoisotopic (exact) mass is 804 g/mol. The third kappa shape index (κ3) is 9.49. The summed E-state index contributed by atoms with van der Waals surface area (Å²) in [5, 5.41) is 19.0. The van der Waals surface area contributed by atoms with Gasteiger partial charge in [-0.25, -0.2) is 9.18 Å². The number of hydrogen-bond acceptors (Lipinski definition) is 9. The van der Waals surface area contributed by atoms with Crippen LogP contribution in [0.1, 0.15) is 69.6 Å². The minimum atomic E-state index is -1.63. The maximum atomic E-state index is 14.8. The summed E-state index contributed by atoms with van der Waals surface area (Å²) in [6.45, 7) is 6.81. The van der Waals surface area contributed by atoms with E-state index < -0.39 is 95.7 Å². The van der Waals surface area contributed by atoms with Crippen molar-refractivity contribution < 1.29 is 47.8 Å². The van der Waals surface area contributed by atoms with Crippen LogP contribution in [0.4, 0.5) is 4.39 Å². The number of fused-ring (bicyclic) bond motifs is 3. The zero-order valence-electron chi connectivity index (χ0n) is 33.3. The van der Waals surface area contributed by atoms with Gasteiger partial charge in [0.1, 0.15) is 48.2 Å². The number of nitrogens with zero attached hydrogens (tertiary/aromatic N) is 3. The summed E-state index contributed by atoms with van der Waals surface area (Å²) in [4.78, 5) is 102. The van der Waals surface area contributed by atoms with Gasteiger partial charge in [-0.2, -0.15) is 0 Å². The number of hydrogen-bond donors (Lipinski definition) is 4. The van der Waals surface area contributed by atoms with Crippen LogP contribution in [-0.2, 0) is 51.1 Å². The normalized spacial score (nSPS) is 28.9. The highest BCUT2D eigenvalue weighted by Gasteiger charge is 2.49. The number of nitrogens with one attached hydrogen (secondary N) is 3. The summed E-state index contributed by atoms with van der Waals surface area (Å²) < 4.78 is 20.4. The minimum absolute atomic E-state index is 0.0250. The number of cyclic esters (lactones) is 1. The lowest BCUT2D eigenvalue weighted by Crippen LogP contribution is -2.63. The van der Waals surface area contributed by atoms with Gasteiger partial charge >= 0.3 is 5.97 Å². The van der Waals surface area contributed by atoms with E-state index in [1.54, 1.807) is 18.2 Å². The van der Waals surface area contributed by atoms with Crippen LogP contribution in [-0.4, -0.2) is 129 Å². The Kier molecular flexibility index (Phi) is 13.1. The van der Waals surface area contributed by atoms with Gasteiger partial charge in [0.05, 0.1) is 12.5 Å². The van der Waals surface area contributed by atoms with Crippen LogP contribution in [0.25, 0.3) is 0 Å². The average Bonchev–Trinajstić information content (AvgIpc) is 3.78. The third-order valence-corrected chi connectivity index (χ3v) is 11.5. The number of halogens is 1. The highest BCUT2D eigenvalue weighted by Crippen LogP contribution is 2.29. The number of aliphatic hydroxyl groups excluding tert-OH is 1. The van der Waals surface area contributed by atoms with Gasteiger partial charge in [0.25, 0.3) is 0 Å². The van der Waals surface area contributed by atoms with Gasteiger partial charge in [-0.1, -0.05) is 55.0 Å². The molecule has 4 fully saturated rings. The second-order valence-corrected chi connectivity index (χ2v) is 16.2. The average molecular weight is 805 g/mol. The summed E-state index contributed by atoms with van der Waals surface area (Å²) in [6.07, 6.45) is -1.23. The van der Waals surface area contributed by atoms with Crippen LogP contribution in [0.3, 0.4) is 0 Å². The van der Waals surface area contributed by atoms with Crippen molar-refractivity contribution in [3.63, 3.8) is 0 Å². The maximum Gasteiger partial charge on any atom is 0.329 e. The van der Waals surface area contributed by atoms with Crippen LogP contribution >= 0.6 is 0 Å². The van der Waals surface area contributed by atoms with Gasteiger partial charge in [-0.3, -0.25) is 28.8 Å². The Morgan fingerprint density at radius 1 is 0.897 bits per heavy atom. The molecule has 9 atom stereocenters. The molecule has 4 aliphatic heterocycles. The highest BCUT2D eigenvalue weighted by atomic mass is 19.1. The zero-order chi connectivity index (χ0) is 41.8. The predicted molar refractivity (Wildman–Crippen MR) is 207 cm³/mol. The number of esters is 1. The van der Waals surface area contributed by atoms with Crippen molar-refractivity contribution in [3.05, 3.63) is 71.0 Å². The molecule has 15 nitrogen and oxygen atoms in total. The molecule has 4 saturated heterocycles. The molecule has 6 rings (SSSR count). The molecule has 0 aromatic heterocycles. The fourth-order valence-corrected chi connectivity index (χ4v) is 8.57. The second kappa shape index (κ2) is 18.0. The lowest BCUT2D eigenvalue weighted by atomic mass is 9.98. The van der Waals surface area contributed by atoms with Crippen molar-refractivity contribution in [2.75, 3.05) is 19.6 Å². The van der Waals surface area contributed by atoms with E-state index in [0.717, 1.165) is 10.5 Å². The SMILES string of the molecule is Cc1cccc(C[C@H](NC(=O)Cc2ccccc2F)C(=O)N[C@@H]2C(=O)N3C[C@H](O)C[C@H]3C(=O)N3CCCC[C@H]3C(=O)N[C@@H](C)C(=O)N3C[C@H](C)C[C@H]3C(=O)O[C@H]2C)c1. The smallest absolute Gasteiger partial charge is 0.329 e. The summed E-state index contributed by atoms with van der Waals surface area (Å²) in [5.41, 5.74) is 1.68. The van der Waals surface area contributed by atoms with Crippen molar-refractivity contribution in [3.8, 4) is 0 Å². The molecule has 16 heteroatoms. The molecular weight excluding hydrogens is 751 g/mol. The number of benzene rings is 2. The Balaban J connectivity index is 1.35. The number of amides is 6. The first-order valence-corrected chi connectivity index (χ1v) is 20.1. The molecule has 0 bridgehead atoms. The predicted octanol–water partition coefficient (Wildman–Crippen LogP) is 0.919. The van der Waals surface area contributed by atoms with Crippen LogP contribution in [0.15, 0.2) is 48.5 Å². The van der Waals surface area contributed by atoms with Crippen molar-refractivity contribution >= 4 is 41.4 Å². The number of aryl methyl sites for hydroxylation is 1. The first-order valence-electron chi connectivity index (χ1n) is 20.1. The Morgan fingerprint density at radius 2 is 1.64 bits per heavy atom. The molecule has 2 aromatic rings. The zero-order valence-corrected chi connectivity index (χ0v) is 33.3. The lowest BCUT2D eigenvalue weighted by molar-refractivity contribution is -0.163. The van der Waals surface area contributed by atoms with Crippen molar-refractivity contribution in [1.82, 2.24) is 30.7 Å². The van der Waals surface area contributed by atoms with Gasteiger partial charge in [-0.15, -0.1) is 0 Å². The first-order chi connectivity index (χ1) is 27.6. The number of carbonyl (C=O) groups excluding carboxylic acids is 7. The van der Waals surface area contributed by atoms with E-state index in [1.807, 2.05) is 26.0 Å². The second-order valence-electron chi connectivity index (χ2n) is 16.2. The molecule has 2 aromatic carbocycles. The molecular formula is C42H53FN6O9. The van der Waals surface area contributed by atoms with Crippen LogP contribution in [0, 0.1) is 18.7 Å². The van der Waals surface area contributed by atoms with E-state index in [4.69, 9.17) is 4.74 Å². The van der Waals surface area contributed by atoms with Crippen molar-refractivity contribution in [2.45, 2.75) is 121 Å². The largest absolute Gasteiger partial charge is 0.458 e. The maximum absolute atomic E-state index is 14.8. The van der Waals surface area contributed by atoms with Crippen LogP contribution in [0.5, 0.6) is 0 Å². The van der Waals surface area contributed by atoms with E-state index in [9.17, 15) is 43.1 Å². The van der Waals surface area contributed by atoms with Gasteiger partial charge in [0.2, 0.25) is 35.4 Å². The fraction of sp³-hybridized carbons (Fsp3) is 0.548. The molecule has 0 saturated carbocycles. The molecule has 58 heavy (non-hydrogen) atoms. The molecule has 0 unspecified atom stereocenters. The topological polar surface area (TPSA) is 195 Å². The van der Waals surface area contributed by atoms with Gasteiger partial charge in [0, 0.05) is 32.5 Å². The third-order valence-electron chi connectivity index (χ3n) is 11.5. The Morgan fingerprint density at radius 3 is 2.38 bits per heavy atom. The minimum Gasteiger partial charge on any atom is -0.458 e. The Labute approximate surface area is 337 Å². The fourth-order valence-electron chi connectivity index (χ4n) is 8.57. The molecule has 0 radical (unpaired) electrons. The quantitative estimate of drug-likeness (QED) is 0.295. The molecule has 0 spiro atoms. The number of aliphatic hydroxyl groups is 1. The summed E-state index contributed by atoms with van der Waals surface area (Å²) in [5.74, 6) is -5.47. The number of piperidine rings is 1. The first kappa shape index (κ1) is 42.2. The molecule has 0 aliphatic carbocycles. The van der Waals surface area contributed by atoms with Gasteiger partial charge in [-0.05, 0) is 69.6 Å². The van der Waals surface area contributed by atoms with Gasteiger partial charge < -0.3 is 40.5 Å². The number of ether oxygens (including phenoxy) is 1. The van der Waals surface area contributed by atoms with E-state index in [2.05, 4.69) is 16.0 Å². The van der Waals surface area contributed by atoms with Crippen molar-refractivity contribution in [1.29, 1.82) is 0 Å². The van der Waals surface area contributed by atoms with E-state index in [-0.39, 0.29) is 56.8 Å². The lowest BCUT2D eigenvalue weighted by Gasteiger charge is -2.39. The summed E-state index contributed by atoms with van der Waals surface area (Å²) >= 11 is 0. The molecule has 4 heterocycles. The standard InChI is InChI=1S/C42H53FN6O9/c1-23-10-9-11-27(16-23)18-31(45-35(51)19-28-12-5-6-13-30(28)43)37(52)46-36-26(4)58-42(57)34-17-24(2)21-48(34)39(54)25(3)44-38(53)32-14-7-8-15-47(32)40(55)33-20-29(50)22-49(33)41(36)56/h5-6,9-13,16,24-26,29,31-34,36,50H,7-8,14-15,17-22H2,1-4H3,(H,44,53)(H,45,51)(H,46,52)/t24-,25+,26+,29-,31+,32+,33+,34+,36+/m1/s1. The van der Waals surface area contributed by atoms with E-state index in [1.165, 1.54) is 41.8 Å². The molecule has 312 valence electrons. The molecule has 4 aliphatic rings. The Hall–Kier alpha value is -5.38. The van der Waals surface area contributed by atoms with Gasteiger partial charge in [0.15, 0.2) is 0 Å². The summed E-state index contributed by atoms with van der Waals surface area (Å²) in [7, 11) is 0. The Bertz CT molecular complexity index is 1930. The summed E-state index contributed by atoms with van der Waals surface area (Å²) in [6, 6.07) is 5.84. The molecule has 4 N–H and O–H groups in total. The van der Waals surface area contributed by atoms with E-state index >= 15 is 0 Å². The van der Waals surface area contributed by atoms with Crippen LogP contribution < -0.4 is 16.0 Å². The number of carbonyl (C=O) groups is 7. The van der Waals surface area contributed by atoms with E-state index in [0.29, 0.717) is 24.8 Å². The van der Waals surface area contributed by atoms with Crippen LogP contribution in [0.2, 0.25) is 0 Å².